The van der Waals surface area contributed by atoms with Crippen LogP contribution in [0.3, 0.4) is 0 Å². The minimum absolute atomic E-state index is 0.0819. The van der Waals surface area contributed by atoms with Gasteiger partial charge >= 0.3 is 0 Å². The fourth-order valence-electron chi connectivity index (χ4n) is 5.61. The Morgan fingerprint density at radius 3 is 2.35 bits per heavy atom. The van der Waals surface area contributed by atoms with Crippen LogP contribution in [0.5, 0.6) is 0 Å². The van der Waals surface area contributed by atoms with E-state index >= 15 is 0 Å². The molecule has 1 N–H and O–H groups in total. The number of piperidine rings is 1. The van der Waals surface area contributed by atoms with Crippen molar-refractivity contribution in [3.05, 3.63) is 18.2 Å². The number of nitrogens with one attached hydrogen (secondary N) is 1. The van der Waals surface area contributed by atoms with E-state index in [1.54, 1.807) is 12.1 Å². The lowest BCUT2D eigenvalue weighted by Gasteiger charge is -2.45. The Hall–Kier alpha value is -2.13. The summed E-state index contributed by atoms with van der Waals surface area (Å²) in [6.07, 6.45) is 9.28. The SMILES string of the molecule is CCN(CC)S(=O)(=O)c1ccc2c(c1)N(CC(=O)NC1CCCCCC1)C(=O)[C@@H]1CCCCN21. The first-order valence-electron chi connectivity index (χ1n) is 12.9. The molecule has 34 heavy (non-hydrogen) atoms. The van der Waals surface area contributed by atoms with Crippen molar-refractivity contribution in [2.75, 3.05) is 36.0 Å². The number of carbonyl (C=O) groups is 2. The zero-order valence-corrected chi connectivity index (χ0v) is 21.3. The zero-order chi connectivity index (χ0) is 24.3. The lowest BCUT2D eigenvalue weighted by atomic mass is 9.96. The smallest absolute Gasteiger partial charge is 0.250 e. The number of fused-ring (bicyclic) bond motifs is 3. The second-order valence-electron chi connectivity index (χ2n) is 9.63. The summed E-state index contributed by atoms with van der Waals surface area (Å²) in [5, 5.41) is 3.14. The molecule has 3 aliphatic rings. The Bertz CT molecular complexity index is 1000. The van der Waals surface area contributed by atoms with E-state index in [-0.39, 0.29) is 35.3 Å². The second kappa shape index (κ2) is 10.6. The van der Waals surface area contributed by atoms with Gasteiger partial charge < -0.3 is 10.2 Å². The molecule has 8 nitrogen and oxygen atoms in total. The van der Waals surface area contributed by atoms with Crippen molar-refractivity contribution in [1.29, 1.82) is 0 Å². The molecule has 9 heteroatoms. The van der Waals surface area contributed by atoms with Gasteiger partial charge in [-0.05, 0) is 50.3 Å². The second-order valence-corrected chi connectivity index (χ2v) is 11.6. The Morgan fingerprint density at radius 1 is 1.00 bits per heavy atom. The van der Waals surface area contributed by atoms with Crippen molar-refractivity contribution >= 4 is 33.2 Å². The molecule has 1 aromatic carbocycles. The summed E-state index contributed by atoms with van der Waals surface area (Å²) in [6.45, 7) is 5.04. The maximum absolute atomic E-state index is 13.6. The number of carbonyl (C=O) groups excluding carboxylic acids is 2. The number of anilines is 2. The standard InChI is InChI=1S/C25H38N4O4S/c1-3-27(4-2)34(32,33)20-14-15-21-23(17-20)29(25(31)22-13-9-10-16-28(21)22)18-24(30)26-19-11-7-5-6-8-12-19/h14-15,17,19,22H,3-13,16,18H2,1-2H3,(H,26,30)/t22-/m0/s1. The van der Waals surface area contributed by atoms with Crippen LogP contribution < -0.4 is 15.1 Å². The molecule has 0 aromatic heterocycles. The Kier molecular flexibility index (Phi) is 7.82. The highest BCUT2D eigenvalue weighted by Gasteiger charge is 2.41. The molecule has 2 fully saturated rings. The molecule has 188 valence electrons. The van der Waals surface area contributed by atoms with Gasteiger partial charge in [0, 0.05) is 25.7 Å². The quantitative estimate of drug-likeness (QED) is 0.593. The molecule has 1 aliphatic carbocycles. The monoisotopic (exact) mass is 490 g/mol. The van der Waals surface area contributed by atoms with Gasteiger partial charge in [-0.3, -0.25) is 14.5 Å². The lowest BCUT2D eigenvalue weighted by Crippen LogP contribution is -2.57. The number of benzene rings is 1. The van der Waals surface area contributed by atoms with Crippen molar-refractivity contribution in [3.8, 4) is 0 Å². The molecule has 0 unspecified atom stereocenters. The van der Waals surface area contributed by atoms with Gasteiger partial charge in [-0.15, -0.1) is 0 Å². The minimum Gasteiger partial charge on any atom is -0.358 e. The highest BCUT2D eigenvalue weighted by molar-refractivity contribution is 7.89. The molecule has 0 radical (unpaired) electrons. The van der Waals surface area contributed by atoms with Crippen molar-refractivity contribution in [2.24, 2.45) is 0 Å². The molecular weight excluding hydrogens is 452 g/mol. The van der Waals surface area contributed by atoms with Crippen LogP contribution in [-0.2, 0) is 19.6 Å². The Balaban J connectivity index is 1.66. The average Bonchev–Trinajstić information content (AvgIpc) is 3.10. The third-order valence-corrected chi connectivity index (χ3v) is 9.51. The lowest BCUT2D eigenvalue weighted by molar-refractivity contribution is -0.125. The number of rotatable bonds is 7. The number of sulfonamides is 1. The van der Waals surface area contributed by atoms with E-state index < -0.39 is 10.0 Å². The van der Waals surface area contributed by atoms with Crippen molar-refractivity contribution in [2.45, 2.75) is 88.6 Å². The van der Waals surface area contributed by atoms with E-state index in [1.165, 1.54) is 22.0 Å². The molecule has 1 aromatic rings. The first-order valence-corrected chi connectivity index (χ1v) is 14.3. The number of nitrogens with zero attached hydrogens (tertiary/aromatic N) is 3. The topological polar surface area (TPSA) is 90.0 Å². The summed E-state index contributed by atoms with van der Waals surface area (Å²) >= 11 is 0. The maximum atomic E-state index is 13.6. The van der Waals surface area contributed by atoms with Crippen LogP contribution in [0.15, 0.2) is 23.1 Å². The van der Waals surface area contributed by atoms with Crippen LogP contribution in [0.4, 0.5) is 11.4 Å². The fourth-order valence-corrected chi connectivity index (χ4v) is 7.09. The third-order valence-electron chi connectivity index (χ3n) is 7.47. The summed E-state index contributed by atoms with van der Waals surface area (Å²) < 4.78 is 27.8. The van der Waals surface area contributed by atoms with Crippen molar-refractivity contribution in [3.63, 3.8) is 0 Å². The first-order chi connectivity index (χ1) is 16.4. The fraction of sp³-hybridized carbons (Fsp3) is 0.680. The summed E-state index contributed by atoms with van der Waals surface area (Å²) in [5.74, 6) is -0.284. The van der Waals surface area contributed by atoms with Gasteiger partial charge in [0.2, 0.25) is 21.8 Å². The average molecular weight is 491 g/mol. The molecule has 2 amide bonds. The van der Waals surface area contributed by atoms with E-state index in [0.717, 1.165) is 57.2 Å². The van der Waals surface area contributed by atoms with Gasteiger partial charge in [0.25, 0.3) is 0 Å². The predicted molar refractivity (Wildman–Crippen MR) is 134 cm³/mol. The van der Waals surface area contributed by atoms with Crippen molar-refractivity contribution < 1.29 is 18.0 Å². The van der Waals surface area contributed by atoms with E-state index in [9.17, 15) is 18.0 Å². The minimum atomic E-state index is -3.68. The molecule has 2 heterocycles. The van der Waals surface area contributed by atoms with Crippen LogP contribution >= 0.6 is 0 Å². The maximum Gasteiger partial charge on any atom is 0.250 e. The van der Waals surface area contributed by atoms with Crippen LogP contribution in [0.25, 0.3) is 0 Å². The predicted octanol–water partition coefficient (Wildman–Crippen LogP) is 3.26. The van der Waals surface area contributed by atoms with Crippen LogP contribution in [0.1, 0.15) is 71.6 Å². The highest BCUT2D eigenvalue weighted by Crippen LogP contribution is 2.41. The highest BCUT2D eigenvalue weighted by atomic mass is 32.2. The van der Waals surface area contributed by atoms with Gasteiger partial charge in [0.1, 0.15) is 12.6 Å². The van der Waals surface area contributed by atoms with E-state index in [2.05, 4.69) is 10.2 Å². The number of amides is 2. The summed E-state index contributed by atoms with van der Waals surface area (Å²) in [4.78, 5) is 30.4. The van der Waals surface area contributed by atoms with Gasteiger partial charge in [-0.2, -0.15) is 4.31 Å². The zero-order valence-electron chi connectivity index (χ0n) is 20.5. The molecule has 2 aliphatic heterocycles. The van der Waals surface area contributed by atoms with Crippen LogP contribution in [0.2, 0.25) is 0 Å². The molecule has 0 spiro atoms. The summed E-state index contributed by atoms with van der Waals surface area (Å²) in [6, 6.07) is 4.89. The van der Waals surface area contributed by atoms with Gasteiger partial charge in [-0.25, -0.2) is 8.42 Å². The number of hydrogen-bond donors (Lipinski definition) is 1. The molecule has 1 saturated heterocycles. The summed E-state index contributed by atoms with van der Waals surface area (Å²) in [5.41, 5.74) is 1.36. The van der Waals surface area contributed by atoms with E-state index in [1.807, 2.05) is 19.9 Å². The molecule has 0 bridgehead atoms. The summed E-state index contributed by atoms with van der Waals surface area (Å²) in [7, 11) is -3.68. The normalized spacial score (nSPS) is 21.7. The Morgan fingerprint density at radius 2 is 1.68 bits per heavy atom. The molecule has 1 atom stereocenters. The largest absolute Gasteiger partial charge is 0.358 e. The molecule has 4 rings (SSSR count). The third kappa shape index (κ3) is 4.96. The molecular formula is C25H38N4O4S. The van der Waals surface area contributed by atoms with Crippen molar-refractivity contribution in [1.82, 2.24) is 9.62 Å². The van der Waals surface area contributed by atoms with E-state index in [4.69, 9.17) is 0 Å². The van der Waals surface area contributed by atoms with Crippen LogP contribution in [-0.4, -0.2) is 62.8 Å². The van der Waals surface area contributed by atoms with Gasteiger partial charge in [0.15, 0.2) is 0 Å². The number of hydrogen-bond acceptors (Lipinski definition) is 5. The van der Waals surface area contributed by atoms with Gasteiger partial charge in [0.05, 0.1) is 16.3 Å². The van der Waals surface area contributed by atoms with Crippen LogP contribution in [0, 0.1) is 0 Å². The van der Waals surface area contributed by atoms with Gasteiger partial charge in [-0.1, -0.05) is 39.5 Å². The van der Waals surface area contributed by atoms with E-state index in [0.29, 0.717) is 18.8 Å². The molecule has 1 saturated carbocycles. The first kappa shape index (κ1) is 25.0. The Labute approximate surface area is 203 Å².